The second-order valence-electron chi connectivity index (χ2n) is 7.82. The van der Waals surface area contributed by atoms with Gasteiger partial charge in [-0.25, -0.2) is 8.42 Å². The van der Waals surface area contributed by atoms with Crippen molar-refractivity contribution in [3.8, 4) is 0 Å². The van der Waals surface area contributed by atoms with Crippen molar-refractivity contribution in [3.05, 3.63) is 75.7 Å². The van der Waals surface area contributed by atoms with Crippen LogP contribution in [-0.2, 0) is 9.84 Å². The second-order valence-corrected chi connectivity index (χ2v) is 9.82. The number of carbonyl (C=O) groups excluding carboxylic acids is 1. The van der Waals surface area contributed by atoms with E-state index in [1.807, 2.05) is 57.2 Å². The maximum Gasteiger partial charge on any atom is 0.202 e. The first kappa shape index (κ1) is 20.5. The molecule has 0 saturated heterocycles. The molecule has 1 aliphatic rings. The van der Waals surface area contributed by atoms with Crippen LogP contribution in [0.5, 0.6) is 0 Å². The number of hydrogen-bond donors (Lipinski definition) is 0. The van der Waals surface area contributed by atoms with Crippen molar-refractivity contribution < 1.29 is 13.2 Å². The standard InChI is InChI=1S/C24H28O3S/c1-17-7-4-10-21(15-17)24(25)20-8-5-11-22(12-6-9-20)28(26,27)23-14-13-18(2)19(3)16-23/h4,7,10-11,13-16,20H,5-6,8-9,12H2,1-3H3. The summed E-state index contributed by atoms with van der Waals surface area (Å²) in [4.78, 5) is 13.7. The summed E-state index contributed by atoms with van der Waals surface area (Å²) >= 11 is 0. The fraction of sp³-hybridized carbons (Fsp3) is 0.375. The number of rotatable bonds is 4. The van der Waals surface area contributed by atoms with Crippen LogP contribution in [0.3, 0.4) is 0 Å². The van der Waals surface area contributed by atoms with Gasteiger partial charge in [0.2, 0.25) is 9.84 Å². The summed E-state index contributed by atoms with van der Waals surface area (Å²) in [5.74, 6) is 0.140. The summed E-state index contributed by atoms with van der Waals surface area (Å²) in [6, 6.07) is 13.0. The minimum Gasteiger partial charge on any atom is -0.294 e. The van der Waals surface area contributed by atoms with Crippen LogP contribution in [0.2, 0.25) is 0 Å². The fourth-order valence-electron chi connectivity index (χ4n) is 3.79. The topological polar surface area (TPSA) is 51.2 Å². The Labute approximate surface area is 168 Å². The molecular weight excluding hydrogens is 368 g/mol. The second kappa shape index (κ2) is 8.44. The highest BCUT2D eigenvalue weighted by molar-refractivity contribution is 7.95. The monoisotopic (exact) mass is 396 g/mol. The van der Waals surface area contributed by atoms with Crippen molar-refractivity contribution in [2.45, 2.75) is 57.8 Å². The van der Waals surface area contributed by atoms with E-state index in [4.69, 9.17) is 0 Å². The minimum absolute atomic E-state index is 0.0380. The van der Waals surface area contributed by atoms with Crippen molar-refractivity contribution >= 4 is 15.6 Å². The third-order valence-electron chi connectivity index (χ3n) is 5.67. The molecule has 1 unspecified atom stereocenters. The Morgan fingerprint density at radius 1 is 0.964 bits per heavy atom. The zero-order valence-electron chi connectivity index (χ0n) is 16.9. The highest BCUT2D eigenvalue weighted by atomic mass is 32.2. The minimum atomic E-state index is -3.46. The van der Waals surface area contributed by atoms with E-state index in [1.54, 1.807) is 12.1 Å². The average Bonchev–Trinajstić information content (AvgIpc) is 2.63. The smallest absolute Gasteiger partial charge is 0.202 e. The lowest BCUT2D eigenvalue weighted by Gasteiger charge is -2.19. The van der Waals surface area contributed by atoms with Crippen molar-refractivity contribution in [1.82, 2.24) is 0 Å². The molecule has 0 aliphatic heterocycles. The van der Waals surface area contributed by atoms with Gasteiger partial charge in [0.1, 0.15) is 0 Å². The maximum absolute atomic E-state index is 13.1. The van der Waals surface area contributed by atoms with Gasteiger partial charge in [-0.05, 0) is 82.2 Å². The van der Waals surface area contributed by atoms with Crippen molar-refractivity contribution in [2.75, 3.05) is 0 Å². The van der Waals surface area contributed by atoms with Gasteiger partial charge in [0.15, 0.2) is 5.78 Å². The molecule has 0 radical (unpaired) electrons. The summed E-state index contributed by atoms with van der Waals surface area (Å²) in [6.45, 7) is 5.90. The Bertz CT molecular complexity index is 1020. The fourth-order valence-corrected chi connectivity index (χ4v) is 5.42. The Balaban J connectivity index is 1.77. The zero-order chi connectivity index (χ0) is 20.3. The molecule has 1 aliphatic carbocycles. The lowest BCUT2D eigenvalue weighted by Crippen LogP contribution is -2.17. The van der Waals surface area contributed by atoms with Gasteiger partial charge < -0.3 is 0 Å². The van der Waals surface area contributed by atoms with Crippen LogP contribution in [0.1, 0.15) is 59.2 Å². The number of hydrogen-bond acceptors (Lipinski definition) is 3. The van der Waals surface area contributed by atoms with E-state index in [0.29, 0.717) is 35.5 Å². The quantitative estimate of drug-likeness (QED) is 0.620. The van der Waals surface area contributed by atoms with Crippen LogP contribution in [0, 0.1) is 26.7 Å². The van der Waals surface area contributed by atoms with Crippen LogP contribution in [-0.4, -0.2) is 14.2 Å². The predicted octanol–water partition coefficient (Wildman–Crippen LogP) is 5.73. The van der Waals surface area contributed by atoms with E-state index in [2.05, 4.69) is 0 Å². The van der Waals surface area contributed by atoms with Crippen LogP contribution in [0.4, 0.5) is 0 Å². The first-order valence-electron chi connectivity index (χ1n) is 9.91. The summed E-state index contributed by atoms with van der Waals surface area (Å²) in [5, 5.41) is 0. The number of ketones is 1. The lowest BCUT2D eigenvalue weighted by atomic mass is 9.87. The van der Waals surface area contributed by atoms with Gasteiger partial charge in [0, 0.05) is 16.4 Å². The molecule has 0 saturated carbocycles. The van der Waals surface area contributed by atoms with E-state index >= 15 is 0 Å². The molecule has 0 aromatic heterocycles. The van der Waals surface area contributed by atoms with E-state index in [1.165, 1.54) is 0 Å². The highest BCUT2D eigenvalue weighted by Crippen LogP contribution is 2.31. The normalized spacial score (nSPS) is 18.1. The Morgan fingerprint density at radius 2 is 1.75 bits per heavy atom. The van der Waals surface area contributed by atoms with Gasteiger partial charge in [0.25, 0.3) is 0 Å². The van der Waals surface area contributed by atoms with E-state index < -0.39 is 9.84 Å². The predicted molar refractivity (Wildman–Crippen MR) is 113 cm³/mol. The molecule has 0 heterocycles. The maximum atomic E-state index is 13.1. The third-order valence-corrected chi connectivity index (χ3v) is 7.61. The van der Waals surface area contributed by atoms with Crippen LogP contribution in [0.15, 0.2) is 58.3 Å². The van der Waals surface area contributed by atoms with Crippen molar-refractivity contribution in [3.63, 3.8) is 0 Å². The summed E-state index contributed by atoms with van der Waals surface area (Å²) in [7, 11) is -3.46. The molecule has 28 heavy (non-hydrogen) atoms. The van der Waals surface area contributed by atoms with Crippen LogP contribution < -0.4 is 0 Å². The van der Waals surface area contributed by atoms with E-state index in [-0.39, 0.29) is 11.7 Å². The first-order valence-corrected chi connectivity index (χ1v) is 11.4. The Morgan fingerprint density at radius 3 is 2.46 bits per heavy atom. The van der Waals surface area contributed by atoms with Crippen LogP contribution in [0.25, 0.3) is 0 Å². The molecular formula is C24H28O3S. The zero-order valence-corrected chi connectivity index (χ0v) is 17.7. The van der Waals surface area contributed by atoms with E-state index in [0.717, 1.165) is 28.7 Å². The van der Waals surface area contributed by atoms with Gasteiger partial charge in [-0.3, -0.25) is 4.79 Å². The number of Topliss-reactive ketones (excluding diaryl/α,β-unsaturated/α-hetero) is 1. The third kappa shape index (κ3) is 4.44. The van der Waals surface area contributed by atoms with Gasteiger partial charge in [-0.15, -0.1) is 0 Å². The number of benzene rings is 2. The summed E-state index contributed by atoms with van der Waals surface area (Å²) < 4.78 is 26.1. The Hall–Kier alpha value is -2.20. The Kier molecular flexibility index (Phi) is 6.19. The van der Waals surface area contributed by atoms with E-state index in [9.17, 15) is 13.2 Å². The molecule has 4 heteroatoms. The summed E-state index contributed by atoms with van der Waals surface area (Å²) in [5.41, 5.74) is 3.91. The molecule has 148 valence electrons. The highest BCUT2D eigenvalue weighted by Gasteiger charge is 2.25. The molecule has 0 amide bonds. The first-order chi connectivity index (χ1) is 13.3. The molecule has 3 nitrogen and oxygen atoms in total. The van der Waals surface area contributed by atoms with Gasteiger partial charge >= 0.3 is 0 Å². The average molecular weight is 397 g/mol. The SMILES string of the molecule is Cc1cccc(C(=O)C2CCC=C(S(=O)(=O)c3ccc(C)c(C)c3)CCC2)c1. The molecule has 0 N–H and O–H groups in total. The van der Waals surface area contributed by atoms with Crippen LogP contribution >= 0.6 is 0 Å². The molecule has 2 aromatic carbocycles. The molecule has 0 bridgehead atoms. The van der Waals surface area contributed by atoms with Crippen molar-refractivity contribution in [1.29, 1.82) is 0 Å². The van der Waals surface area contributed by atoms with Crippen molar-refractivity contribution in [2.24, 2.45) is 5.92 Å². The largest absolute Gasteiger partial charge is 0.294 e. The summed E-state index contributed by atoms with van der Waals surface area (Å²) in [6.07, 6.45) is 5.07. The van der Waals surface area contributed by atoms with Gasteiger partial charge in [-0.1, -0.05) is 35.9 Å². The number of allylic oxidation sites excluding steroid dienone is 2. The van der Waals surface area contributed by atoms with Gasteiger partial charge in [-0.2, -0.15) is 0 Å². The molecule has 0 spiro atoms. The molecule has 0 fully saturated rings. The lowest BCUT2D eigenvalue weighted by molar-refractivity contribution is 0.0904. The number of carbonyl (C=O) groups is 1. The van der Waals surface area contributed by atoms with Gasteiger partial charge in [0.05, 0.1) is 4.90 Å². The molecule has 1 atom stereocenters. The molecule has 3 rings (SSSR count). The number of sulfone groups is 1. The number of aryl methyl sites for hydroxylation is 3. The molecule has 2 aromatic rings.